The number of esters is 1. The molecular formula is C12H10BrNO2S2. The molecule has 0 aliphatic carbocycles. The van der Waals surface area contributed by atoms with Gasteiger partial charge in [-0.3, -0.25) is 0 Å². The van der Waals surface area contributed by atoms with Crippen LogP contribution in [-0.2, 0) is 10.5 Å². The van der Waals surface area contributed by atoms with Crippen LogP contribution in [0.1, 0.15) is 14.7 Å². The van der Waals surface area contributed by atoms with E-state index in [0.717, 1.165) is 20.1 Å². The number of thioether (sulfide) groups is 1. The van der Waals surface area contributed by atoms with Crippen LogP contribution in [0.2, 0.25) is 0 Å². The largest absolute Gasteiger partial charge is 0.465 e. The molecule has 1 heterocycles. The molecule has 0 saturated carbocycles. The van der Waals surface area contributed by atoms with Gasteiger partial charge in [0.2, 0.25) is 0 Å². The maximum Gasteiger partial charge on any atom is 0.349 e. The van der Waals surface area contributed by atoms with Crippen molar-refractivity contribution in [2.75, 3.05) is 7.11 Å². The average molecular weight is 344 g/mol. The maximum atomic E-state index is 11.3. The predicted molar refractivity (Wildman–Crippen MR) is 77.2 cm³/mol. The molecule has 18 heavy (non-hydrogen) atoms. The molecular weight excluding hydrogens is 334 g/mol. The highest BCUT2D eigenvalue weighted by molar-refractivity contribution is 9.10. The molecule has 6 heteroatoms. The molecule has 1 aromatic heterocycles. The van der Waals surface area contributed by atoms with Gasteiger partial charge in [0.15, 0.2) is 0 Å². The first-order valence-electron chi connectivity index (χ1n) is 5.11. The van der Waals surface area contributed by atoms with Crippen LogP contribution >= 0.6 is 39.0 Å². The van der Waals surface area contributed by atoms with Crippen LogP contribution in [0, 0.1) is 0 Å². The molecule has 0 saturated heterocycles. The number of carbonyl (C=O) groups excluding carboxylic acids is 1. The zero-order valence-electron chi connectivity index (χ0n) is 9.55. The van der Waals surface area contributed by atoms with Crippen molar-refractivity contribution < 1.29 is 9.53 Å². The summed E-state index contributed by atoms with van der Waals surface area (Å²) in [6, 6.07) is 8.02. The van der Waals surface area contributed by atoms with E-state index in [1.165, 1.54) is 18.4 Å². The fourth-order valence-electron chi connectivity index (χ4n) is 1.27. The highest BCUT2D eigenvalue weighted by atomic mass is 79.9. The monoisotopic (exact) mass is 343 g/mol. The Morgan fingerprint density at radius 2 is 2.28 bits per heavy atom. The second-order valence-electron chi connectivity index (χ2n) is 3.33. The summed E-state index contributed by atoms with van der Waals surface area (Å²) in [4.78, 5) is 17.2. The maximum absolute atomic E-state index is 11.3. The van der Waals surface area contributed by atoms with E-state index in [-0.39, 0.29) is 5.97 Å². The van der Waals surface area contributed by atoms with E-state index in [0.29, 0.717) is 4.88 Å². The van der Waals surface area contributed by atoms with Crippen molar-refractivity contribution in [1.29, 1.82) is 0 Å². The highest BCUT2D eigenvalue weighted by Crippen LogP contribution is 2.30. The van der Waals surface area contributed by atoms with Crippen LogP contribution in [0.4, 0.5) is 0 Å². The molecule has 3 nitrogen and oxygen atoms in total. The van der Waals surface area contributed by atoms with Crippen molar-refractivity contribution >= 4 is 45.0 Å². The minimum atomic E-state index is -0.329. The van der Waals surface area contributed by atoms with Crippen LogP contribution in [-0.4, -0.2) is 18.1 Å². The Labute approximate surface area is 122 Å². The smallest absolute Gasteiger partial charge is 0.349 e. The molecule has 0 atom stereocenters. The lowest BCUT2D eigenvalue weighted by Gasteiger charge is -2.01. The van der Waals surface area contributed by atoms with Gasteiger partial charge in [-0.15, -0.1) is 23.1 Å². The SMILES string of the molecule is COC(=O)c1cnc(CSc2ccccc2Br)s1. The van der Waals surface area contributed by atoms with Gasteiger partial charge in [-0.05, 0) is 28.1 Å². The Morgan fingerprint density at radius 3 is 3.00 bits per heavy atom. The van der Waals surface area contributed by atoms with Crippen molar-refractivity contribution in [3.8, 4) is 0 Å². The minimum Gasteiger partial charge on any atom is -0.465 e. The standard InChI is InChI=1S/C12H10BrNO2S2/c1-16-12(15)10-6-14-11(18-10)7-17-9-5-3-2-4-8(9)13/h2-6H,7H2,1H3. The summed E-state index contributed by atoms with van der Waals surface area (Å²) in [6.45, 7) is 0. The lowest BCUT2D eigenvalue weighted by atomic mass is 10.4. The zero-order valence-corrected chi connectivity index (χ0v) is 12.8. The van der Waals surface area contributed by atoms with Crippen molar-refractivity contribution in [3.63, 3.8) is 0 Å². The molecule has 0 aliphatic heterocycles. The Kier molecular flexibility index (Phi) is 4.79. The van der Waals surface area contributed by atoms with Gasteiger partial charge in [-0.2, -0.15) is 0 Å². The topological polar surface area (TPSA) is 39.2 Å². The fraction of sp³-hybridized carbons (Fsp3) is 0.167. The Morgan fingerprint density at radius 1 is 1.50 bits per heavy atom. The third-order valence-electron chi connectivity index (χ3n) is 2.13. The number of carbonyl (C=O) groups is 1. The van der Waals surface area contributed by atoms with E-state index >= 15 is 0 Å². The predicted octanol–water partition coefficient (Wildman–Crippen LogP) is 3.98. The summed E-state index contributed by atoms with van der Waals surface area (Å²) in [5.74, 6) is 0.411. The van der Waals surface area contributed by atoms with Crippen molar-refractivity contribution in [3.05, 3.63) is 44.8 Å². The molecule has 2 aromatic rings. The molecule has 0 bridgehead atoms. The van der Waals surface area contributed by atoms with Crippen molar-refractivity contribution in [2.24, 2.45) is 0 Å². The summed E-state index contributed by atoms with van der Waals surface area (Å²) in [6.07, 6.45) is 1.56. The molecule has 0 amide bonds. The Bertz CT molecular complexity index is 557. The quantitative estimate of drug-likeness (QED) is 0.621. The number of aromatic nitrogens is 1. The average Bonchev–Trinajstić information content (AvgIpc) is 2.86. The first-order valence-corrected chi connectivity index (χ1v) is 7.70. The molecule has 0 radical (unpaired) electrons. The number of halogens is 1. The van der Waals surface area contributed by atoms with Crippen LogP contribution in [0.5, 0.6) is 0 Å². The van der Waals surface area contributed by atoms with Crippen LogP contribution in [0.25, 0.3) is 0 Å². The van der Waals surface area contributed by atoms with E-state index in [1.807, 2.05) is 24.3 Å². The van der Waals surface area contributed by atoms with Crippen molar-refractivity contribution in [2.45, 2.75) is 10.6 Å². The van der Waals surface area contributed by atoms with E-state index in [4.69, 9.17) is 0 Å². The van der Waals surface area contributed by atoms with E-state index < -0.39 is 0 Å². The first-order chi connectivity index (χ1) is 8.70. The highest BCUT2D eigenvalue weighted by Gasteiger charge is 2.10. The van der Waals surface area contributed by atoms with Crippen molar-refractivity contribution in [1.82, 2.24) is 4.98 Å². The zero-order chi connectivity index (χ0) is 13.0. The van der Waals surface area contributed by atoms with E-state index in [2.05, 4.69) is 25.7 Å². The molecule has 0 spiro atoms. The Hall–Kier alpha value is -0.850. The summed E-state index contributed by atoms with van der Waals surface area (Å²) in [5.41, 5.74) is 0. The first kappa shape index (κ1) is 13.6. The number of hydrogen-bond donors (Lipinski definition) is 0. The second kappa shape index (κ2) is 6.36. The third-order valence-corrected chi connectivity index (χ3v) is 5.33. The molecule has 94 valence electrons. The van der Waals surface area contributed by atoms with Gasteiger partial charge < -0.3 is 4.74 Å². The van der Waals surface area contributed by atoms with Gasteiger partial charge in [0.1, 0.15) is 9.88 Å². The molecule has 0 aliphatic rings. The summed E-state index contributed by atoms with van der Waals surface area (Å²) in [7, 11) is 1.37. The summed E-state index contributed by atoms with van der Waals surface area (Å²) in [5, 5.41) is 0.913. The molecule has 0 unspecified atom stereocenters. The number of thiazole rings is 1. The summed E-state index contributed by atoms with van der Waals surface area (Å²) < 4.78 is 5.72. The molecule has 2 rings (SSSR count). The van der Waals surface area contributed by atoms with Gasteiger partial charge in [0, 0.05) is 9.37 Å². The second-order valence-corrected chi connectivity index (χ2v) is 6.32. The lowest BCUT2D eigenvalue weighted by Crippen LogP contribution is -1.96. The van der Waals surface area contributed by atoms with E-state index in [1.54, 1.807) is 18.0 Å². The molecule has 1 aromatic carbocycles. The normalized spacial score (nSPS) is 10.3. The van der Waals surface area contributed by atoms with Gasteiger partial charge in [-0.25, -0.2) is 9.78 Å². The fourth-order valence-corrected chi connectivity index (χ4v) is 3.68. The van der Waals surface area contributed by atoms with Crippen LogP contribution in [0.15, 0.2) is 39.8 Å². The molecule has 0 N–H and O–H groups in total. The third kappa shape index (κ3) is 3.34. The number of hydrogen-bond acceptors (Lipinski definition) is 5. The van der Waals surface area contributed by atoms with Crippen LogP contribution in [0.3, 0.4) is 0 Å². The number of benzene rings is 1. The lowest BCUT2D eigenvalue weighted by molar-refractivity contribution is 0.0606. The number of rotatable bonds is 4. The van der Waals surface area contributed by atoms with Gasteiger partial charge >= 0.3 is 5.97 Å². The van der Waals surface area contributed by atoms with Gasteiger partial charge in [0.05, 0.1) is 19.1 Å². The Balaban J connectivity index is 2.01. The van der Waals surface area contributed by atoms with Gasteiger partial charge in [0.25, 0.3) is 0 Å². The number of nitrogens with zero attached hydrogens (tertiary/aromatic N) is 1. The minimum absolute atomic E-state index is 0.329. The summed E-state index contributed by atoms with van der Waals surface area (Å²) >= 11 is 6.55. The van der Waals surface area contributed by atoms with Crippen LogP contribution < -0.4 is 0 Å². The number of ether oxygens (including phenoxy) is 1. The van der Waals surface area contributed by atoms with E-state index in [9.17, 15) is 4.79 Å². The molecule has 0 fully saturated rings. The van der Waals surface area contributed by atoms with Gasteiger partial charge in [-0.1, -0.05) is 12.1 Å². The number of methoxy groups -OCH3 is 1.